The van der Waals surface area contributed by atoms with Gasteiger partial charge >= 0.3 is 0 Å². The molecule has 2 rings (SSSR count). The fraction of sp³-hybridized carbons (Fsp3) is 0.231. The molecule has 3 N–H and O–H groups in total. The average molecular weight is 331 g/mol. The molecule has 2 aromatic rings. The highest BCUT2D eigenvalue weighted by Gasteiger charge is 2.13. The SMILES string of the molecule is CNc1cc(Oc2ncc(Cl)cc2OCC(F)F)ncc1N. The first-order chi connectivity index (χ1) is 10.5. The normalized spacial score (nSPS) is 10.6. The van der Waals surface area contributed by atoms with Crippen LogP contribution >= 0.6 is 11.6 Å². The Balaban J connectivity index is 2.24. The lowest BCUT2D eigenvalue weighted by atomic mass is 10.3. The van der Waals surface area contributed by atoms with E-state index in [-0.39, 0.29) is 22.5 Å². The number of anilines is 2. The van der Waals surface area contributed by atoms with Gasteiger partial charge in [0, 0.05) is 25.4 Å². The largest absolute Gasteiger partial charge is 0.482 e. The Kier molecular flexibility index (Phi) is 5.16. The standard InChI is InChI=1S/C13H13ClF2N4O2/c1-18-9-3-12(19-5-8(9)17)22-13-10(21-6-11(15)16)2-7(14)4-20-13/h2-5,11H,6,17H2,1H3,(H,18,19). The average Bonchev–Trinajstić information content (AvgIpc) is 2.49. The molecular weight excluding hydrogens is 318 g/mol. The Labute approximate surface area is 130 Å². The van der Waals surface area contributed by atoms with Crippen molar-refractivity contribution < 1.29 is 18.3 Å². The third-order valence-electron chi connectivity index (χ3n) is 2.53. The fourth-order valence-electron chi connectivity index (χ4n) is 1.56. The van der Waals surface area contributed by atoms with Gasteiger partial charge in [-0.25, -0.2) is 18.7 Å². The number of alkyl halides is 2. The molecule has 9 heteroatoms. The van der Waals surface area contributed by atoms with Gasteiger partial charge in [-0.15, -0.1) is 0 Å². The van der Waals surface area contributed by atoms with E-state index in [1.807, 2.05) is 0 Å². The van der Waals surface area contributed by atoms with Crippen molar-refractivity contribution in [2.45, 2.75) is 6.43 Å². The molecule has 0 saturated heterocycles. The van der Waals surface area contributed by atoms with Gasteiger partial charge in [0.1, 0.15) is 6.61 Å². The molecule has 0 bridgehead atoms. The maximum atomic E-state index is 12.3. The molecule has 118 valence electrons. The minimum atomic E-state index is -2.63. The molecule has 0 spiro atoms. The molecule has 0 aromatic carbocycles. The van der Waals surface area contributed by atoms with Gasteiger partial charge in [0.05, 0.1) is 22.6 Å². The quantitative estimate of drug-likeness (QED) is 0.846. The Morgan fingerprint density at radius 2 is 2.09 bits per heavy atom. The molecule has 0 aliphatic carbocycles. The molecule has 2 heterocycles. The number of hydrogen-bond donors (Lipinski definition) is 2. The lowest BCUT2D eigenvalue weighted by molar-refractivity contribution is 0.0804. The first kappa shape index (κ1) is 16.0. The van der Waals surface area contributed by atoms with Gasteiger partial charge in [-0.05, 0) is 0 Å². The number of nitrogens with zero attached hydrogens (tertiary/aromatic N) is 2. The molecule has 0 atom stereocenters. The number of nitrogens with one attached hydrogen (secondary N) is 1. The van der Waals surface area contributed by atoms with Crippen molar-refractivity contribution in [3.8, 4) is 17.5 Å². The van der Waals surface area contributed by atoms with Crippen molar-refractivity contribution in [1.82, 2.24) is 9.97 Å². The van der Waals surface area contributed by atoms with E-state index < -0.39 is 13.0 Å². The number of hydrogen-bond acceptors (Lipinski definition) is 6. The number of nitrogens with two attached hydrogens (primary N) is 1. The van der Waals surface area contributed by atoms with Crippen molar-refractivity contribution in [2.75, 3.05) is 24.7 Å². The van der Waals surface area contributed by atoms with Crippen LogP contribution in [0.2, 0.25) is 5.02 Å². The summed E-state index contributed by atoms with van der Waals surface area (Å²) in [6, 6.07) is 2.88. The summed E-state index contributed by atoms with van der Waals surface area (Å²) in [7, 11) is 1.69. The number of ether oxygens (including phenoxy) is 2. The summed E-state index contributed by atoms with van der Waals surface area (Å²) in [6.07, 6.45) is 0.0801. The number of nitrogen functional groups attached to an aromatic ring is 1. The van der Waals surface area contributed by atoms with Gasteiger partial charge in [-0.1, -0.05) is 11.6 Å². The molecule has 0 fully saturated rings. The van der Waals surface area contributed by atoms with E-state index in [9.17, 15) is 8.78 Å². The molecule has 0 aliphatic heterocycles. The minimum Gasteiger partial charge on any atom is -0.482 e. The highest BCUT2D eigenvalue weighted by atomic mass is 35.5. The summed E-state index contributed by atoms with van der Waals surface area (Å²) in [6.45, 7) is -0.796. The van der Waals surface area contributed by atoms with Crippen LogP contribution in [0.3, 0.4) is 0 Å². The zero-order valence-electron chi connectivity index (χ0n) is 11.5. The van der Waals surface area contributed by atoms with Crippen molar-refractivity contribution in [2.24, 2.45) is 0 Å². The van der Waals surface area contributed by atoms with Crippen LogP contribution < -0.4 is 20.5 Å². The van der Waals surface area contributed by atoms with Gasteiger partial charge in [0.2, 0.25) is 5.88 Å². The van der Waals surface area contributed by atoms with Crippen LogP contribution in [0.15, 0.2) is 24.5 Å². The highest BCUT2D eigenvalue weighted by Crippen LogP contribution is 2.32. The summed E-state index contributed by atoms with van der Waals surface area (Å²) < 4.78 is 34.9. The number of halogens is 3. The van der Waals surface area contributed by atoms with Gasteiger partial charge in [0.15, 0.2) is 5.75 Å². The van der Waals surface area contributed by atoms with Crippen LogP contribution in [0.4, 0.5) is 20.2 Å². The summed E-state index contributed by atoms with van der Waals surface area (Å²) in [5, 5.41) is 3.10. The van der Waals surface area contributed by atoms with Crippen LogP contribution in [0.1, 0.15) is 0 Å². The lowest BCUT2D eigenvalue weighted by Gasteiger charge is -2.12. The van der Waals surface area contributed by atoms with Crippen molar-refractivity contribution >= 4 is 23.0 Å². The zero-order valence-corrected chi connectivity index (χ0v) is 12.3. The molecule has 0 unspecified atom stereocenters. The summed E-state index contributed by atoms with van der Waals surface area (Å²) >= 11 is 5.78. The molecule has 0 saturated carbocycles. The maximum Gasteiger partial charge on any atom is 0.272 e. The summed E-state index contributed by atoms with van der Waals surface area (Å²) in [5.74, 6) is 0.150. The third-order valence-corrected chi connectivity index (χ3v) is 2.74. The van der Waals surface area contributed by atoms with Gasteiger partial charge in [-0.2, -0.15) is 0 Å². The van der Waals surface area contributed by atoms with Crippen LogP contribution in [-0.4, -0.2) is 30.0 Å². The van der Waals surface area contributed by atoms with Crippen LogP contribution in [-0.2, 0) is 0 Å². The van der Waals surface area contributed by atoms with E-state index in [1.54, 1.807) is 13.1 Å². The molecular formula is C13H13ClF2N4O2. The predicted octanol–water partition coefficient (Wildman–Crippen LogP) is 3.19. The fourth-order valence-corrected chi connectivity index (χ4v) is 1.71. The third kappa shape index (κ3) is 4.08. The molecule has 0 amide bonds. The Bertz CT molecular complexity index is 658. The summed E-state index contributed by atoms with van der Waals surface area (Å²) in [5.41, 5.74) is 6.75. The Hall–Kier alpha value is -2.35. The Morgan fingerprint density at radius 1 is 1.32 bits per heavy atom. The molecule has 0 radical (unpaired) electrons. The second-order valence-corrected chi connectivity index (χ2v) is 4.56. The first-order valence-corrected chi connectivity index (χ1v) is 6.55. The van der Waals surface area contributed by atoms with Crippen molar-refractivity contribution in [3.63, 3.8) is 0 Å². The second-order valence-electron chi connectivity index (χ2n) is 4.12. The molecule has 2 aromatic heterocycles. The number of rotatable bonds is 6. The van der Waals surface area contributed by atoms with E-state index >= 15 is 0 Å². The van der Waals surface area contributed by atoms with Crippen molar-refractivity contribution in [1.29, 1.82) is 0 Å². The number of aromatic nitrogens is 2. The first-order valence-electron chi connectivity index (χ1n) is 6.17. The smallest absolute Gasteiger partial charge is 0.272 e. The molecule has 6 nitrogen and oxygen atoms in total. The maximum absolute atomic E-state index is 12.3. The molecule has 22 heavy (non-hydrogen) atoms. The van der Waals surface area contributed by atoms with Gasteiger partial charge in [0.25, 0.3) is 12.3 Å². The van der Waals surface area contributed by atoms with E-state index in [0.717, 1.165) is 0 Å². The van der Waals surface area contributed by atoms with Crippen molar-refractivity contribution in [3.05, 3.63) is 29.5 Å². The lowest BCUT2D eigenvalue weighted by Crippen LogP contribution is -2.08. The molecule has 0 aliphatic rings. The van der Waals surface area contributed by atoms with Gasteiger partial charge < -0.3 is 20.5 Å². The van der Waals surface area contributed by atoms with E-state index in [4.69, 9.17) is 26.8 Å². The monoisotopic (exact) mass is 330 g/mol. The topological polar surface area (TPSA) is 82.3 Å². The van der Waals surface area contributed by atoms with Gasteiger partial charge in [-0.3, -0.25) is 0 Å². The van der Waals surface area contributed by atoms with Crippen LogP contribution in [0.25, 0.3) is 0 Å². The Morgan fingerprint density at radius 3 is 2.77 bits per heavy atom. The minimum absolute atomic E-state index is 0.00238. The van der Waals surface area contributed by atoms with E-state index in [0.29, 0.717) is 11.4 Å². The van der Waals surface area contributed by atoms with Crippen LogP contribution in [0.5, 0.6) is 17.5 Å². The zero-order chi connectivity index (χ0) is 16.1. The second kappa shape index (κ2) is 7.08. The highest BCUT2D eigenvalue weighted by molar-refractivity contribution is 6.30. The van der Waals surface area contributed by atoms with E-state index in [2.05, 4.69) is 15.3 Å². The summed E-state index contributed by atoms with van der Waals surface area (Å²) in [4.78, 5) is 7.89. The van der Waals surface area contributed by atoms with Crippen LogP contribution in [0, 0.1) is 0 Å². The number of pyridine rings is 2. The predicted molar refractivity (Wildman–Crippen MR) is 79.0 cm³/mol. The van der Waals surface area contributed by atoms with E-state index in [1.165, 1.54) is 18.5 Å².